The van der Waals surface area contributed by atoms with Gasteiger partial charge in [-0.15, -0.1) is 47.5 Å². The van der Waals surface area contributed by atoms with Gasteiger partial charge in [0.05, 0.1) is 12.6 Å². The number of hydrogen-bond donors (Lipinski definition) is 0. The van der Waals surface area contributed by atoms with E-state index in [-0.39, 0.29) is 48.0 Å². The Balaban J connectivity index is 0.000000211. The van der Waals surface area contributed by atoms with Crippen molar-refractivity contribution in [2.75, 3.05) is 0 Å². The van der Waals surface area contributed by atoms with Crippen LogP contribution in [-0.4, -0.2) is 9.97 Å². The molecular weight excluding hydrogens is 661 g/mol. The summed E-state index contributed by atoms with van der Waals surface area (Å²) in [5, 5.41) is 27.5. The zero-order valence-corrected chi connectivity index (χ0v) is 22.6. The van der Waals surface area contributed by atoms with Crippen molar-refractivity contribution in [1.82, 2.24) is 9.97 Å². The molecule has 6 nitrogen and oxygen atoms in total. The molecule has 39 heavy (non-hydrogen) atoms. The summed E-state index contributed by atoms with van der Waals surface area (Å²) in [6.45, 7) is 7.08. The van der Waals surface area contributed by atoms with Crippen LogP contribution in [0.4, 0.5) is 5.69 Å². The standard InChI is InChI=1S/C17H12N.C15H4N5.Ir/c1-3-7-14(8-4-1)16-11-12-18-17(13-16)15-9-5-2-6-10-15;1-19-15-6-10(14-4-2-3-5-20-14)11(7-16)12(8-17)13(15)9-18;/h1-9,11-13H;2-5H;/q2*-1;. The van der Waals surface area contributed by atoms with Crippen LogP contribution in [0, 0.1) is 52.7 Å². The summed E-state index contributed by atoms with van der Waals surface area (Å²) in [6.07, 6.45) is 3.38. The minimum atomic E-state index is -0.126. The number of nitrogens with zero attached hydrogens (tertiary/aromatic N) is 6. The number of pyridine rings is 2. The SMILES string of the molecule is [C-]#[N+]c1[c-]c(-c2ccccn2)c(C#N)c(C#N)c1C#N.[Ir].[c-]1ccccc1-c1cc(-c2ccccc2)ccn1. The molecule has 0 amide bonds. The van der Waals surface area contributed by atoms with Gasteiger partial charge < -0.3 is 9.97 Å². The molecule has 5 rings (SSSR count). The van der Waals surface area contributed by atoms with E-state index >= 15 is 0 Å². The predicted octanol–water partition coefficient (Wildman–Crippen LogP) is 6.93. The largest absolute Gasteiger partial charge is 0.305 e. The van der Waals surface area contributed by atoms with Crippen LogP contribution in [0.15, 0.2) is 97.3 Å². The van der Waals surface area contributed by atoms with Gasteiger partial charge in [-0.05, 0) is 51.3 Å². The summed E-state index contributed by atoms with van der Waals surface area (Å²) < 4.78 is 0. The second kappa shape index (κ2) is 13.8. The summed E-state index contributed by atoms with van der Waals surface area (Å²) in [6, 6.07) is 38.8. The van der Waals surface area contributed by atoms with Crippen molar-refractivity contribution < 1.29 is 20.1 Å². The van der Waals surface area contributed by atoms with Gasteiger partial charge in [0.2, 0.25) is 0 Å². The van der Waals surface area contributed by atoms with E-state index < -0.39 is 0 Å². The quantitative estimate of drug-likeness (QED) is 0.193. The van der Waals surface area contributed by atoms with Gasteiger partial charge >= 0.3 is 0 Å². The van der Waals surface area contributed by atoms with Crippen molar-refractivity contribution in [2.24, 2.45) is 0 Å². The van der Waals surface area contributed by atoms with Crippen molar-refractivity contribution in [2.45, 2.75) is 0 Å². The smallest absolute Gasteiger partial charge is 0.124 e. The minimum absolute atomic E-state index is 0. The van der Waals surface area contributed by atoms with Gasteiger partial charge in [0.25, 0.3) is 0 Å². The third kappa shape index (κ3) is 6.47. The summed E-state index contributed by atoms with van der Waals surface area (Å²) in [4.78, 5) is 11.7. The van der Waals surface area contributed by atoms with E-state index in [1.807, 2.05) is 66.9 Å². The molecule has 2 aromatic heterocycles. The van der Waals surface area contributed by atoms with Crippen molar-refractivity contribution in [3.63, 3.8) is 0 Å². The Labute approximate surface area is 240 Å². The fraction of sp³-hybridized carbons (Fsp3) is 0. The number of nitriles is 3. The van der Waals surface area contributed by atoms with E-state index in [9.17, 15) is 5.26 Å². The molecule has 1 radical (unpaired) electrons. The minimum Gasteiger partial charge on any atom is -0.305 e. The topological polar surface area (TPSA) is 102 Å². The summed E-state index contributed by atoms with van der Waals surface area (Å²) >= 11 is 0. The van der Waals surface area contributed by atoms with Gasteiger partial charge in [-0.25, -0.2) is 10.5 Å². The van der Waals surface area contributed by atoms with Gasteiger partial charge in [-0.3, -0.25) is 4.85 Å². The Morgan fingerprint density at radius 1 is 0.692 bits per heavy atom. The molecule has 185 valence electrons. The van der Waals surface area contributed by atoms with Crippen LogP contribution in [0.3, 0.4) is 0 Å². The first-order chi connectivity index (χ1) is 18.7. The fourth-order valence-electron chi connectivity index (χ4n) is 3.67. The molecule has 5 aromatic rings. The molecule has 0 saturated heterocycles. The van der Waals surface area contributed by atoms with Gasteiger partial charge in [-0.1, -0.05) is 48.5 Å². The second-order valence-corrected chi connectivity index (χ2v) is 7.71. The van der Waals surface area contributed by atoms with Gasteiger partial charge in [0, 0.05) is 44.6 Å². The first kappa shape index (κ1) is 28.1. The molecule has 7 heteroatoms. The average molecular weight is 677 g/mol. The molecule has 0 aliphatic carbocycles. The van der Waals surface area contributed by atoms with E-state index in [0.717, 1.165) is 11.3 Å². The van der Waals surface area contributed by atoms with Gasteiger partial charge in [-0.2, -0.15) is 5.26 Å². The van der Waals surface area contributed by atoms with E-state index in [4.69, 9.17) is 17.1 Å². The molecule has 2 heterocycles. The molecule has 0 bridgehead atoms. The monoisotopic (exact) mass is 677 g/mol. The number of rotatable bonds is 3. The van der Waals surface area contributed by atoms with Crippen LogP contribution in [0.1, 0.15) is 16.7 Å². The maximum atomic E-state index is 9.24. The zero-order chi connectivity index (χ0) is 26.7. The van der Waals surface area contributed by atoms with Gasteiger partial charge in [0.15, 0.2) is 0 Å². The van der Waals surface area contributed by atoms with E-state index in [1.54, 1.807) is 24.3 Å². The van der Waals surface area contributed by atoms with Crippen LogP contribution in [0.5, 0.6) is 0 Å². The number of benzene rings is 3. The summed E-state index contributed by atoms with van der Waals surface area (Å²) in [5.41, 5.74) is 4.74. The second-order valence-electron chi connectivity index (χ2n) is 7.71. The van der Waals surface area contributed by atoms with Crippen molar-refractivity contribution in [3.05, 3.63) is 138 Å². The maximum absolute atomic E-state index is 9.24. The summed E-state index contributed by atoms with van der Waals surface area (Å²) in [5.74, 6) is 0. The number of aromatic nitrogens is 2. The Kier molecular flexibility index (Phi) is 9.93. The Bertz CT molecular complexity index is 1690. The molecule has 0 N–H and O–H groups in total. The van der Waals surface area contributed by atoms with Gasteiger partial charge in [0.1, 0.15) is 5.69 Å². The Hall–Kier alpha value is -5.43. The third-order valence-electron chi connectivity index (χ3n) is 5.45. The van der Waals surface area contributed by atoms with E-state index in [1.165, 1.54) is 17.3 Å². The van der Waals surface area contributed by atoms with Crippen LogP contribution in [0.2, 0.25) is 0 Å². The van der Waals surface area contributed by atoms with Crippen molar-refractivity contribution in [1.29, 1.82) is 15.8 Å². The van der Waals surface area contributed by atoms with Crippen molar-refractivity contribution in [3.8, 4) is 51.8 Å². The molecule has 0 unspecified atom stereocenters. The normalized spacial score (nSPS) is 9.23. The molecule has 0 spiro atoms. The van der Waals surface area contributed by atoms with E-state index in [2.05, 4.69) is 45.1 Å². The van der Waals surface area contributed by atoms with Crippen molar-refractivity contribution >= 4 is 5.69 Å². The first-order valence-electron chi connectivity index (χ1n) is 11.3. The maximum Gasteiger partial charge on any atom is 0.124 e. The molecular formula is C32H16IrN6-2. The molecule has 0 aliphatic heterocycles. The third-order valence-corrected chi connectivity index (χ3v) is 5.45. The fourth-order valence-corrected chi connectivity index (χ4v) is 3.67. The van der Waals surface area contributed by atoms with Crippen LogP contribution in [0.25, 0.3) is 38.5 Å². The van der Waals surface area contributed by atoms with Crippen LogP contribution < -0.4 is 0 Å². The molecule has 3 aromatic carbocycles. The predicted molar refractivity (Wildman–Crippen MR) is 143 cm³/mol. The average Bonchev–Trinajstić information content (AvgIpc) is 3.01. The molecule has 0 atom stereocenters. The summed E-state index contributed by atoms with van der Waals surface area (Å²) in [7, 11) is 0. The molecule has 0 saturated carbocycles. The number of hydrogen-bond acceptors (Lipinski definition) is 5. The molecule has 0 fully saturated rings. The van der Waals surface area contributed by atoms with Crippen LogP contribution in [-0.2, 0) is 20.1 Å². The molecule has 0 aliphatic rings. The zero-order valence-electron chi connectivity index (χ0n) is 20.3. The van der Waals surface area contributed by atoms with E-state index in [0.29, 0.717) is 5.69 Å². The van der Waals surface area contributed by atoms with Crippen LogP contribution >= 0.6 is 0 Å². The Morgan fingerprint density at radius 2 is 1.38 bits per heavy atom. The Morgan fingerprint density at radius 3 is 2.00 bits per heavy atom. The first-order valence-corrected chi connectivity index (χ1v) is 11.3.